The van der Waals surface area contributed by atoms with Gasteiger partial charge in [-0.25, -0.2) is 4.98 Å². The molecule has 0 radical (unpaired) electrons. The number of carbonyl (C=O) groups is 4. The number of nitrogens with zero attached hydrogens (tertiary/aromatic N) is 5. The number of ether oxygens (including phenoxy) is 2. The van der Waals surface area contributed by atoms with Crippen molar-refractivity contribution in [1.29, 1.82) is 5.26 Å². The molecule has 4 amide bonds. The van der Waals surface area contributed by atoms with Gasteiger partial charge in [-0.1, -0.05) is 69.3 Å². The van der Waals surface area contributed by atoms with Gasteiger partial charge in [0.15, 0.2) is 5.11 Å². The fraction of sp³-hybridized carbons (Fsp3) is 0.377. The largest absolute Gasteiger partial charge is 0.494 e. The van der Waals surface area contributed by atoms with Crippen LogP contribution >= 0.6 is 23.6 Å². The lowest BCUT2D eigenvalue weighted by Gasteiger charge is -2.35. The van der Waals surface area contributed by atoms with Gasteiger partial charge < -0.3 is 35.0 Å². The number of nitriles is 1. The number of aromatic nitrogens is 1. The van der Waals surface area contributed by atoms with Crippen LogP contribution in [0.15, 0.2) is 96.5 Å². The van der Waals surface area contributed by atoms with Crippen LogP contribution in [0.2, 0.25) is 0 Å². The molecule has 0 spiro atoms. The van der Waals surface area contributed by atoms with E-state index >= 15 is 0 Å². The van der Waals surface area contributed by atoms with Crippen LogP contribution in [0.1, 0.15) is 76.3 Å². The number of nitrogens with one attached hydrogen (secondary N) is 2. The van der Waals surface area contributed by atoms with Crippen molar-refractivity contribution in [2.45, 2.75) is 97.3 Å². The number of β-amino-alcohol motifs (C(OH)–C–C–N with tert-alkyl or cyclic N) is 1. The Hall–Kier alpha value is -6.72. The fourth-order valence-corrected chi connectivity index (χ4v) is 9.98. The average Bonchev–Trinajstić information content (AvgIpc) is 4.01. The summed E-state index contributed by atoms with van der Waals surface area (Å²) >= 11 is 7.23. The van der Waals surface area contributed by atoms with Crippen molar-refractivity contribution in [1.82, 2.24) is 20.5 Å². The molecule has 2 fully saturated rings. The summed E-state index contributed by atoms with van der Waals surface area (Å²) in [5.41, 5.74) is 3.23. The molecule has 4 aromatic carbocycles. The van der Waals surface area contributed by atoms with Gasteiger partial charge >= 0.3 is 6.18 Å². The second-order valence-corrected chi connectivity index (χ2v) is 20.5. The Balaban J connectivity index is 0.841. The Kier molecular flexibility index (Phi) is 16.2. The van der Waals surface area contributed by atoms with Gasteiger partial charge in [0.25, 0.3) is 5.91 Å². The summed E-state index contributed by atoms with van der Waals surface area (Å²) in [6.45, 7) is 11.3. The van der Waals surface area contributed by atoms with Crippen LogP contribution in [-0.4, -0.2) is 93.8 Å². The third-order valence-corrected chi connectivity index (χ3v) is 13.9. The first-order valence-corrected chi connectivity index (χ1v) is 24.6. The number of amides is 4. The van der Waals surface area contributed by atoms with Crippen LogP contribution in [0.4, 0.5) is 24.5 Å². The summed E-state index contributed by atoms with van der Waals surface area (Å²) in [5, 5.41) is 25.5. The molecule has 7 rings (SSSR count). The smallest absolute Gasteiger partial charge is 0.417 e. The molecule has 14 nitrogen and oxygen atoms in total. The van der Waals surface area contributed by atoms with Crippen molar-refractivity contribution in [3.8, 4) is 33.4 Å². The molecule has 0 saturated carbocycles. The highest BCUT2D eigenvalue weighted by Gasteiger charge is 2.51. The number of aliphatic hydroxyl groups is 1. The van der Waals surface area contributed by atoms with Crippen LogP contribution in [0.5, 0.6) is 5.75 Å². The predicted octanol–water partition coefficient (Wildman–Crippen LogP) is 8.58. The van der Waals surface area contributed by atoms with E-state index in [1.54, 1.807) is 53.8 Å². The third kappa shape index (κ3) is 12.0. The Bertz CT molecular complexity index is 2840. The number of hydrogen-bond acceptors (Lipinski definition) is 11. The molecule has 0 aliphatic carbocycles. The van der Waals surface area contributed by atoms with Crippen molar-refractivity contribution in [3.63, 3.8) is 0 Å². The molecule has 378 valence electrons. The first kappa shape index (κ1) is 53.1. The fourth-order valence-electron chi connectivity index (χ4n) is 8.65. The van der Waals surface area contributed by atoms with E-state index in [1.807, 2.05) is 88.4 Å². The maximum absolute atomic E-state index is 14.0. The molecule has 3 N–H and O–H groups in total. The van der Waals surface area contributed by atoms with Crippen LogP contribution in [0.3, 0.4) is 0 Å². The normalized spacial score (nSPS) is 17.2. The molecule has 3 atom stereocenters. The van der Waals surface area contributed by atoms with Gasteiger partial charge in [0.05, 0.1) is 51.7 Å². The number of benzene rings is 4. The summed E-state index contributed by atoms with van der Waals surface area (Å²) in [6, 6.07) is 25.3. The van der Waals surface area contributed by atoms with Gasteiger partial charge in [-0.05, 0) is 116 Å². The van der Waals surface area contributed by atoms with E-state index in [0.717, 1.165) is 49.9 Å². The number of likely N-dealkylation sites (tertiary alicyclic amines) is 1. The van der Waals surface area contributed by atoms with E-state index in [1.165, 1.54) is 11.0 Å². The van der Waals surface area contributed by atoms with Crippen LogP contribution in [-0.2, 0) is 36.6 Å². The monoisotopic (exact) mass is 1020 g/mol. The summed E-state index contributed by atoms with van der Waals surface area (Å²) in [4.78, 5) is 63.6. The molecule has 5 aromatic rings. The van der Waals surface area contributed by atoms with Crippen molar-refractivity contribution >= 4 is 63.7 Å². The van der Waals surface area contributed by atoms with Crippen molar-refractivity contribution in [2.24, 2.45) is 5.41 Å². The van der Waals surface area contributed by atoms with Crippen molar-refractivity contribution < 1.29 is 46.9 Å². The highest BCUT2D eigenvalue weighted by molar-refractivity contribution is 7.81. The Labute approximate surface area is 425 Å². The number of hydrogen-bond donors (Lipinski definition) is 3. The maximum atomic E-state index is 14.0. The first-order chi connectivity index (χ1) is 34.1. The number of carbonyl (C=O) groups excluding carboxylic acids is 4. The average molecular weight is 1020 g/mol. The zero-order chi connectivity index (χ0) is 52.1. The van der Waals surface area contributed by atoms with Crippen LogP contribution < -0.4 is 25.2 Å². The molecule has 2 aliphatic heterocycles. The van der Waals surface area contributed by atoms with Gasteiger partial charge in [0.1, 0.15) is 30.0 Å². The lowest BCUT2D eigenvalue weighted by atomic mass is 9.85. The summed E-state index contributed by atoms with van der Waals surface area (Å²) in [7, 11) is 0. The highest BCUT2D eigenvalue weighted by Crippen LogP contribution is 2.40. The second kappa shape index (κ2) is 22.0. The molecule has 3 heterocycles. The summed E-state index contributed by atoms with van der Waals surface area (Å²) in [6.07, 6.45) is -4.39. The molecule has 2 saturated heterocycles. The van der Waals surface area contributed by atoms with Gasteiger partial charge in [-0.15, -0.1) is 11.3 Å². The van der Waals surface area contributed by atoms with E-state index in [2.05, 4.69) is 15.6 Å². The van der Waals surface area contributed by atoms with Gasteiger partial charge in [-0.2, -0.15) is 18.4 Å². The molecule has 19 heteroatoms. The minimum absolute atomic E-state index is 0.00296. The van der Waals surface area contributed by atoms with E-state index in [4.69, 9.17) is 21.7 Å². The number of aliphatic hydroxyl groups excluding tert-OH is 1. The molecular formula is C53H56F3N7O7S2. The Morgan fingerprint density at radius 1 is 0.944 bits per heavy atom. The zero-order valence-corrected chi connectivity index (χ0v) is 42.3. The van der Waals surface area contributed by atoms with E-state index < -0.39 is 64.2 Å². The molecule has 3 unspecified atom stereocenters. The van der Waals surface area contributed by atoms with E-state index in [-0.39, 0.29) is 49.4 Å². The number of thiazole rings is 1. The number of thiocarbonyl (C=S) groups is 1. The number of aryl methyl sites for hydroxylation is 1. The molecule has 1 aromatic heterocycles. The Morgan fingerprint density at radius 3 is 2.18 bits per heavy atom. The number of alkyl halides is 3. The van der Waals surface area contributed by atoms with Crippen LogP contribution in [0.25, 0.3) is 21.6 Å². The summed E-state index contributed by atoms with van der Waals surface area (Å²) in [5.74, 6) is -1.20. The quantitative estimate of drug-likeness (QED) is 0.0601. The molecule has 72 heavy (non-hydrogen) atoms. The van der Waals surface area contributed by atoms with Crippen molar-refractivity contribution in [2.75, 3.05) is 36.2 Å². The minimum atomic E-state index is -4.81. The lowest BCUT2D eigenvalue weighted by molar-refractivity contribution is -0.144. The van der Waals surface area contributed by atoms with Gasteiger partial charge in [-0.3, -0.25) is 24.1 Å². The topological polar surface area (TPSA) is 177 Å². The maximum Gasteiger partial charge on any atom is 0.417 e. The highest BCUT2D eigenvalue weighted by atomic mass is 32.1. The Morgan fingerprint density at radius 2 is 1.57 bits per heavy atom. The van der Waals surface area contributed by atoms with E-state index in [0.29, 0.717) is 30.9 Å². The van der Waals surface area contributed by atoms with E-state index in [9.17, 15) is 42.7 Å². The number of halogens is 3. The third-order valence-electron chi connectivity index (χ3n) is 12.6. The number of anilines is 2. The first-order valence-electron chi connectivity index (χ1n) is 23.3. The standard InChI is InChI=1S/C53H56F3N7O7S2/c1-32-45(72-31-59-32)36-11-9-33(10-12-36)28-58-47(66)43-26-40(64)29-61(43)48(67)46(51(2,3)4)60-44(65)30-69-23-7-8-24-70-41-21-16-35(17-22-41)34-13-18-38(19-14-34)63-50(71)62(49(68)52(63,5)6)39-20-15-37(27-57)42(25-39)53(54,55)56/h9-22,25,31,40,43,46,64H,7-8,23-24,26,28-30H2,1-6H3,(H,58,66)(H,60,65). The zero-order valence-electron chi connectivity index (χ0n) is 40.7. The molecule has 0 bridgehead atoms. The minimum Gasteiger partial charge on any atom is -0.494 e. The molecule has 2 aliphatic rings. The predicted molar refractivity (Wildman–Crippen MR) is 272 cm³/mol. The molecular weight excluding hydrogens is 968 g/mol. The van der Waals surface area contributed by atoms with Crippen molar-refractivity contribution in [3.05, 3.63) is 119 Å². The second-order valence-electron chi connectivity index (χ2n) is 19.3. The van der Waals surface area contributed by atoms with Crippen LogP contribution in [0, 0.1) is 23.7 Å². The number of unbranched alkanes of at least 4 members (excludes halogenated alkanes) is 1. The lowest BCUT2D eigenvalue weighted by Crippen LogP contribution is -2.58. The summed E-state index contributed by atoms with van der Waals surface area (Å²) < 4.78 is 52.9. The van der Waals surface area contributed by atoms with Gasteiger partial charge in [0, 0.05) is 31.8 Å². The SMILES string of the molecule is Cc1ncsc1-c1ccc(CNC(=O)C2CC(O)CN2C(=O)C(NC(=O)COCCCCOc2ccc(-c3ccc(N4C(=S)N(c5ccc(C#N)c(C(F)(F)F)c5)C(=O)C4(C)C)cc3)cc2)C(C)(C)C)cc1. The number of rotatable bonds is 17. The van der Waals surface area contributed by atoms with Gasteiger partial charge in [0.2, 0.25) is 17.7 Å².